The molecule has 0 aliphatic carbocycles. The Morgan fingerprint density at radius 1 is 1.11 bits per heavy atom. The molecular weight excluding hydrogens is 390 g/mol. The third-order valence-corrected chi connectivity index (χ3v) is 5.28. The molecule has 1 unspecified atom stereocenters. The molecule has 1 amide bonds. The summed E-state index contributed by atoms with van der Waals surface area (Å²) in [5, 5.41) is 6.00. The summed E-state index contributed by atoms with van der Waals surface area (Å²) < 4.78 is 32.6. The molecule has 1 saturated heterocycles. The number of carbonyl (C=O) groups excluding carboxylic acids is 1. The Kier molecular flexibility index (Phi) is 7.61. The summed E-state index contributed by atoms with van der Waals surface area (Å²) in [7, 11) is -3.67. The summed E-state index contributed by atoms with van der Waals surface area (Å²) >= 11 is 0. The van der Waals surface area contributed by atoms with Crippen LogP contribution in [0.2, 0.25) is 0 Å². The summed E-state index contributed by atoms with van der Waals surface area (Å²) in [4.78, 5) is 12.3. The van der Waals surface area contributed by atoms with Crippen LogP contribution in [0.25, 0.3) is 0 Å². The molecule has 0 aromatic heterocycles. The summed E-state index contributed by atoms with van der Waals surface area (Å²) in [6.45, 7) is 1.89. The lowest BCUT2D eigenvalue weighted by molar-refractivity contribution is -0.117. The molecule has 7 nitrogen and oxygen atoms in total. The van der Waals surface area contributed by atoms with Crippen molar-refractivity contribution in [2.45, 2.75) is 17.4 Å². The monoisotopic (exact) mass is 411 g/mol. The van der Waals surface area contributed by atoms with Crippen LogP contribution in [0.4, 0.5) is 11.4 Å². The Labute approximate surface area is 165 Å². The minimum Gasteiger partial charge on any atom is -0.378 e. The van der Waals surface area contributed by atoms with Crippen molar-refractivity contribution in [3.63, 3.8) is 0 Å². The molecule has 1 fully saturated rings. The van der Waals surface area contributed by atoms with Crippen molar-refractivity contribution in [3.8, 4) is 0 Å². The van der Waals surface area contributed by atoms with Crippen LogP contribution in [0.5, 0.6) is 0 Å². The second-order valence-corrected chi connectivity index (χ2v) is 7.66. The van der Waals surface area contributed by atoms with Gasteiger partial charge in [0, 0.05) is 24.7 Å². The van der Waals surface area contributed by atoms with Crippen LogP contribution in [0.1, 0.15) is 6.42 Å². The van der Waals surface area contributed by atoms with Crippen LogP contribution < -0.4 is 15.4 Å². The van der Waals surface area contributed by atoms with Crippen LogP contribution in [0.15, 0.2) is 59.5 Å². The van der Waals surface area contributed by atoms with Crippen LogP contribution in [0, 0.1) is 0 Å². The number of halogens is 1. The van der Waals surface area contributed by atoms with Crippen LogP contribution in [0.3, 0.4) is 0 Å². The summed E-state index contributed by atoms with van der Waals surface area (Å²) in [6, 6.07) is 14.7. The lowest BCUT2D eigenvalue weighted by atomic mass is 10.2. The van der Waals surface area contributed by atoms with Crippen LogP contribution >= 0.6 is 12.4 Å². The molecule has 146 valence electrons. The number of anilines is 2. The fourth-order valence-corrected chi connectivity index (χ4v) is 3.73. The highest BCUT2D eigenvalue weighted by Gasteiger charge is 2.17. The summed E-state index contributed by atoms with van der Waals surface area (Å²) in [5.74, 6) is -0.156. The molecular formula is C18H22ClN3O4S. The average Bonchev–Trinajstić information content (AvgIpc) is 2.63. The Balaban J connectivity index is 0.00000261. The molecule has 9 heteroatoms. The van der Waals surface area contributed by atoms with Gasteiger partial charge in [0.15, 0.2) is 0 Å². The number of nitrogens with one attached hydrogen (secondary N) is 3. The molecule has 0 radical (unpaired) electrons. The van der Waals surface area contributed by atoms with E-state index in [0.717, 1.165) is 6.54 Å². The van der Waals surface area contributed by atoms with Gasteiger partial charge in [-0.05, 0) is 30.3 Å². The maximum absolute atomic E-state index is 12.4. The van der Waals surface area contributed by atoms with Crippen molar-refractivity contribution < 1.29 is 17.9 Å². The normalized spacial score (nSPS) is 16.8. The quantitative estimate of drug-likeness (QED) is 0.677. The number of ether oxygens (including phenoxy) is 1. The van der Waals surface area contributed by atoms with Gasteiger partial charge in [-0.15, -0.1) is 12.4 Å². The zero-order chi connectivity index (χ0) is 18.4. The number of rotatable bonds is 6. The minimum absolute atomic E-state index is 0. The van der Waals surface area contributed by atoms with E-state index in [9.17, 15) is 13.2 Å². The number of hydrogen-bond donors (Lipinski definition) is 3. The first kappa shape index (κ1) is 21.2. The predicted molar refractivity (Wildman–Crippen MR) is 107 cm³/mol. The number of carbonyl (C=O) groups is 1. The number of hydrogen-bond acceptors (Lipinski definition) is 5. The Morgan fingerprint density at radius 2 is 1.85 bits per heavy atom. The van der Waals surface area contributed by atoms with Gasteiger partial charge in [0.1, 0.15) is 0 Å². The van der Waals surface area contributed by atoms with E-state index in [1.165, 1.54) is 12.1 Å². The minimum atomic E-state index is -3.67. The lowest BCUT2D eigenvalue weighted by Gasteiger charge is -2.23. The zero-order valence-electron chi connectivity index (χ0n) is 14.6. The third-order valence-electron chi connectivity index (χ3n) is 3.88. The Morgan fingerprint density at radius 3 is 2.56 bits per heavy atom. The second-order valence-electron chi connectivity index (χ2n) is 5.98. The van der Waals surface area contributed by atoms with E-state index in [1.54, 1.807) is 42.5 Å². The summed E-state index contributed by atoms with van der Waals surface area (Å²) in [6.07, 6.45) is 0.292. The van der Waals surface area contributed by atoms with Gasteiger partial charge in [-0.3, -0.25) is 9.52 Å². The molecule has 0 spiro atoms. The summed E-state index contributed by atoms with van der Waals surface area (Å²) in [5.41, 5.74) is 0.908. The molecule has 2 aromatic rings. The molecule has 3 N–H and O–H groups in total. The second kappa shape index (κ2) is 9.70. The van der Waals surface area contributed by atoms with E-state index in [1.807, 2.05) is 0 Å². The highest BCUT2D eigenvalue weighted by Crippen LogP contribution is 2.19. The topological polar surface area (TPSA) is 96.5 Å². The van der Waals surface area contributed by atoms with E-state index in [0.29, 0.717) is 31.0 Å². The fraction of sp³-hybridized carbons (Fsp3) is 0.278. The van der Waals surface area contributed by atoms with Crippen molar-refractivity contribution in [1.82, 2.24) is 5.32 Å². The van der Waals surface area contributed by atoms with Gasteiger partial charge >= 0.3 is 0 Å². The van der Waals surface area contributed by atoms with Gasteiger partial charge in [0.25, 0.3) is 10.0 Å². The van der Waals surface area contributed by atoms with Gasteiger partial charge < -0.3 is 15.4 Å². The number of benzene rings is 2. The fourth-order valence-electron chi connectivity index (χ4n) is 2.66. The van der Waals surface area contributed by atoms with Gasteiger partial charge in [-0.25, -0.2) is 8.42 Å². The van der Waals surface area contributed by atoms with E-state index in [2.05, 4.69) is 15.4 Å². The molecule has 3 rings (SSSR count). The highest BCUT2D eigenvalue weighted by molar-refractivity contribution is 7.92. The highest BCUT2D eigenvalue weighted by atomic mass is 35.5. The molecule has 0 bridgehead atoms. The van der Waals surface area contributed by atoms with Crippen LogP contribution in [-0.4, -0.2) is 40.1 Å². The van der Waals surface area contributed by atoms with Gasteiger partial charge in [-0.2, -0.15) is 0 Å². The van der Waals surface area contributed by atoms with Crippen molar-refractivity contribution in [2.75, 3.05) is 29.8 Å². The van der Waals surface area contributed by atoms with Crippen molar-refractivity contribution in [1.29, 1.82) is 0 Å². The van der Waals surface area contributed by atoms with Gasteiger partial charge in [0.2, 0.25) is 5.91 Å². The SMILES string of the molecule is Cl.O=C(CC1COCCN1)Nc1cccc(NS(=O)(=O)c2ccccc2)c1. The smallest absolute Gasteiger partial charge is 0.261 e. The van der Waals surface area contributed by atoms with E-state index in [4.69, 9.17) is 4.74 Å². The van der Waals surface area contributed by atoms with Crippen molar-refractivity contribution in [2.24, 2.45) is 0 Å². The third kappa shape index (κ3) is 6.21. The molecule has 1 heterocycles. The van der Waals surface area contributed by atoms with E-state index >= 15 is 0 Å². The zero-order valence-corrected chi connectivity index (χ0v) is 16.2. The molecule has 2 aromatic carbocycles. The van der Waals surface area contributed by atoms with Crippen molar-refractivity contribution >= 4 is 39.7 Å². The largest absolute Gasteiger partial charge is 0.378 e. The first-order valence-corrected chi connectivity index (χ1v) is 9.80. The molecule has 1 atom stereocenters. The first-order valence-electron chi connectivity index (χ1n) is 8.32. The molecule has 1 aliphatic rings. The van der Waals surface area contributed by atoms with Gasteiger partial charge in [-0.1, -0.05) is 24.3 Å². The first-order chi connectivity index (χ1) is 12.5. The van der Waals surface area contributed by atoms with Gasteiger partial charge in [0.05, 0.1) is 23.8 Å². The predicted octanol–water partition coefficient (Wildman–Crippen LogP) is 2.23. The van der Waals surface area contributed by atoms with Crippen LogP contribution in [-0.2, 0) is 19.6 Å². The maximum Gasteiger partial charge on any atom is 0.261 e. The molecule has 27 heavy (non-hydrogen) atoms. The van der Waals surface area contributed by atoms with E-state index < -0.39 is 10.0 Å². The number of morpholine rings is 1. The lowest BCUT2D eigenvalue weighted by Crippen LogP contribution is -2.43. The Hall–Kier alpha value is -2.13. The molecule has 0 saturated carbocycles. The maximum atomic E-state index is 12.4. The standard InChI is InChI=1S/C18H21N3O4S.ClH/c22-18(12-16-13-25-10-9-19-16)20-14-5-4-6-15(11-14)21-26(23,24)17-7-2-1-3-8-17;/h1-8,11,16,19,21H,9-10,12-13H2,(H,20,22);1H. The number of sulfonamides is 1. The average molecular weight is 412 g/mol. The number of amides is 1. The van der Waals surface area contributed by atoms with E-state index in [-0.39, 0.29) is 29.3 Å². The molecule has 1 aliphatic heterocycles. The van der Waals surface area contributed by atoms with Crippen molar-refractivity contribution in [3.05, 3.63) is 54.6 Å². The Bertz CT molecular complexity index is 856.